The van der Waals surface area contributed by atoms with Gasteiger partial charge in [-0.15, -0.1) is 0 Å². The molecule has 0 spiro atoms. The van der Waals surface area contributed by atoms with Gasteiger partial charge in [-0.3, -0.25) is 9.36 Å². The topological polar surface area (TPSA) is 88.5 Å². The SMILES string of the molecule is CCc1ccc2nc(-n3c(O)c(O)c(C(=O)c4ccc(C)o4)c3-c3ccc(C(C)C)cc3)sc2c1. The first-order valence-electron chi connectivity index (χ1n) is 11.6. The zero-order valence-corrected chi connectivity index (χ0v) is 20.8. The third-order valence-corrected chi connectivity index (χ3v) is 7.21. The van der Waals surface area contributed by atoms with E-state index in [9.17, 15) is 15.0 Å². The Bertz CT molecular complexity index is 1550. The molecule has 3 aromatic heterocycles. The van der Waals surface area contributed by atoms with Crippen molar-refractivity contribution >= 4 is 27.3 Å². The van der Waals surface area contributed by atoms with E-state index in [0.29, 0.717) is 28.1 Å². The molecule has 5 aromatic rings. The highest BCUT2D eigenvalue weighted by Crippen LogP contribution is 2.45. The molecule has 6 nitrogen and oxygen atoms in total. The molecule has 2 N–H and O–H groups in total. The number of rotatable bonds is 6. The maximum Gasteiger partial charge on any atom is 0.242 e. The van der Waals surface area contributed by atoms with Gasteiger partial charge in [-0.25, -0.2) is 4.98 Å². The predicted molar refractivity (Wildman–Crippen MR) is 138 cm³/mol. The Hall–Kier alpha value is -3.84. The van der Waals surface area contributed by atoms with Crippen LogP contribution in [0.5, 0.6) is 11.6 Å². The van der Waals surface area contributed by atoms with E-state index in [1.807, 2.05) is 36.4 Å². The molecule has 35 heavy (non-hydrogen) atoms. The quantitative estimate of drug-likeness (QED) is 0.253. The monoisotopic (exact) mass is 486 g/mol. The largest absolute Gasteiger partial charge is 0.503 e. The van der Waals surface area contributed by atoms with Crippen LogP contribution in [0.25, 0.3) is 26.6 Å². The predicted octanol–water partition coefficient (Wildman–Crippen LogP) is 6.98. The van der Waals surface area contributed by atoms with Crippen LogP contribution in [0.15, 0.2) is 59.0 Å². The zero-order valence-electron chi connectivity index (χ0n) is 20.0. The first-order valence-corrected chi connectivity index (χ1v) is 12.4. The van der Waals surface area contributed by atoms with E-state index in [-0.39, 0.29) is 11.3 Å². The first kappa shape index (κ1) is 22.9. The number of nitrogens with zero attached hydrogens (tertiary/aromatic N) is 2. The van der Waals surface area contributed by atoms with Gasteiger partial charge in [0.1, 0.15) is 5.76 Å². The molecule has 0 aliphatic heterocycles. The molecular weight excluding hydrogens is 460 g/mol. The Morgan fingerprint density at radius 3 is 2.46 bits per heavy atom. The van der Waals surface area contributed by atoms with Gasteiger partial charge in [0.2, 0.25) is 11.7 Å². The van der Waals surface area contributed by atoms with Crippen LogP contribution >= 0.6 is 11.3 Å². The van der Waals surface area contributed by atoms with Gasteiger partial charge in [0.15, 0.2) is 16.6 Å². The molecule has 0 atom stereocenters. The number of furan rings is 1. The maximum atomic E-state index is 13.5. The van der Waals surface area contributed by atoms with Gasteiger partial charge >= 0.3 is 0 Å². The number of aromatic nitrogens is 2. The molecule has 5 rings (SSSR count). The number of carbonyl (C=O) groups excluding carboxylic acids is 1. The summed E-state index contributed by atoms with van der Waals surface area (Å²) in [6.07, 6.45) is 0.896. The molecule has 0 aliphatic rings. The number of benzene rings is 2. The molecule has 0 aliphatic carbocycles. The van der Waals surface area contributed by atoms with Gasteiger partial charge in [-0.05, 0) is 60.2 Å². The molecule has 3 heterocycles. The molecule has 0 fully saturated rings. The Morgan fingerprint density at radius 2 is 1.83 bits per heavy atom. The average molecular weight is 487 g/mol. The average Bonchev–Trinajstić information content (AvgIpc) is 3.54. The lowest BCUT2D eigenvalue weighted by atomic mass is 9.98. The Labute approximate surface area is 207 Å². The minimum absolute atomic E-state index is 0.0253. The number of thiazole rings is 1. The van der Waals surface area contributed by atoms with Crippen molar-refractivity contribution < 1.29 is 19.4 Å². The highest BCUT2D eigenvalue weighted by molar-refractivity contribution is 7.20. The molecule has 0 amide bonds. The number of hydrogen-bond donors (Lipinski definition) is 2. The van der Waals surface area contributed by atoms with Gasteiger partial charge in [0.05, 0.1) is 21.5 Å². The van der Waals surface area contributed by atoms with Crippen LogP contribution in [0, 0.1) is 6.92 Å². The van der Waals surface area contributed by atoms with Crippen molar-refractivity contribution in [1.29, 1.82) is 0 Å². The molecular formula is C28H26N2O4S. The number of fused-ring (bicyclic) bond motifs is 1. The van der Waals surface area contributed by atoms with Crippen molar-refractivity contribution in [2.45, 2.75) is 40.0 Å². The highest BCUT2D eigenvalue weighted by Gasteiger charge is 2.32. The van der Waals surface area contributed by atoms with Crippen molar-refractivity contribution in [3.8, 4) is 28.0 Å². The summed E-state index contributed by atoms with van der Waals surface area (Å²) in [7, 11) is 0. The van der Waals surface area contributed by atoms with Crippen molar-refractivity contribution in [3.05, 3.63) is 82.8 Å². The lowest BCUT2D eigenvalue weighted by Crippen LogP contribution is -2.04. The summed E-state index contributed by atoms with van der Waals surface area (Å²) in [6.45, 7) is 8.05. The van der Waals surface area contributed by atoms with E-state index in [4.69, 9.17) is 9.40 Å². The van der Waals surface area contributed by atoms with Crippen molar-refractivity contribution in [3.63, 3.8) is 0 Å². The second kappa shape index (κ2) is 8.74. The minimum Gasteiger partial charge on any atom is -0.503 e. The number of ketones is 1. The zero-order chi connectivity index (χ0) is 24.9. The lowest BCUT2D eigenvalue weighted by Gasteiger charge is -2.11. The fraction of sp³-hybridized carbons (Fsp3) is 0.214. The lowest BCUT2D eigenvalue weighted by molar-refractivity contribution is 0.101. The van der Waals surface area contributed by atoms with Crippen LogP contribution < -0.4 is 0 Å². The van der Waals surface area contributed by atoms with E-state index >= 15 is 0 Å². The van der Waals surface area contributed by atoms with E-state index in [2.05, 4.69) is 26.8 Å². The van der Waals surface area contributed by atoms with Crippen LogP contribution in [0.4, 0.5) is 0 Å². The molecule has 0 saturated heterocycles. The van der Waals surface area contributed by atoms with Crippen LogP contribution in [-0.4, -0.2) is 25.5 Å². The summed E-state index contributed by atoms with van der Waals surface area (Å²) in [4.78, 5) is 18.2. The Balaban J connectivity index is 1.77. The van der Waals surface area contributed by atoms with Crippen molar-refractivity contribution in [2.24, 2.45) is 0 Å². The van der Waals surface area contributed by atoms with Gasteiger partial charge < -0.3 is 14.6 Å². The second-order valence-corrected chi connectivity index (χ2v) is 9.91. The van der Waals surface area contributed by atoms with Crippen LogP contribution in [0.1, 0.15) is 59.7 Å². The number of carbonyl (C=O) groups is 1. The van der Waals surface area contributed by atoms with Gasteiger partial charge in [-0.2, -0.15) is 0 Å². The van der Waals surface area contributed by atoms with E-state index < -0.39 is 17.4 Å². The normalized spacial score (nSPS) is 11.6. The van der Waals surface area contributed by atoms with Crippen molar-refractivity contribution in [2.75, 3.05) is 0 Å². The van der Waals surface area contributed by atoms with Gasteiger partial charge in [0, 0.05) is 0 Å². The number of hydrogen-bond acceptors (Lipinski definition) is 6. The minimum atomic E-state index is -0.512. The molecule has 0 saturated carbocycles. The van der Waals surface area contributed by atoms with E-state index in [1.54, 1.807) is 19.1 Å². The van der Waals surface area contributed by atoms with Gasteiger partial charge in [-0.1, -0.05) is 62.4 Å². The summed E-state index contributed by atoms with van der Waals surface area (Å²) < 4.78 is 7.98. The standard InChI is InChI=1S/C28H26N2O4S/c1-5-17-7-12-20-22(14-17)35-28(29-20)30-24(19-10-8-18(9-11-19)15(2)3)23(26(32)27(30)33)25(31)21-13-6-16(4)34-21/h6-15,32-33H,5H2,1-4H3. The van der Waals surface area contributed by atoms with E-state index in [1.165, 1.54) is 21.5 Å². The molecule has 0 radical (unpaired) electrons. The fourth-order valence-corrected chi connectivity index (χ4v) is 5.24. The molecule has 0 bridgehead atoms. The fourth-order valence-electron chi connectivity index (χ4n) is 4.20. The first-order chi connectivity index (χ1) is 16.8. The highest BCUT2D eigenvalue weighted by atomic mass is 32.1. The number of aromatic hydroxyl groups is 2. The van der Waals surface area contributed by atoms with Crippen LogP contribution in [-0.2, 0) is 6.42 Å². The summed E-state index contributed by atoms with van der Waals surface area (Å²) in [5.41, 5.74) is 4.12. The van der Waals surface area contributed by atoms with Crippen LogP contribution in [0.2, 0.25) is 0 Å². The van der Waals surface area contributed by atoms with E-state index in [0.717, 1.165) is 22.2 Å². The third kappa shape index (κ3) is 3.91. The summed E-state index contributed by atoms with van der Waals surface area (Å²) in [6, 6.07) is 17.1. The molecule has 178 valence electrons. The van der Waals surface area contributed by atoms with Crippen LogP contribution in [0.3, 0.4) is 0 Å². The summed E-state index contributed by atoms with van der Waals surface area (Å²) >= 11 is 1.39. The second-order valence-electron chi connectivity index (χ2n) is 8.90. The van der Waals surface area contributed by atoms with Crippen molar-refractivity contribution in [1.82, 2.24) is 9.55 Å². The Morgan fingerprint density at radius 1 is 1.09 bits per heavy atom. The van der Waals surface area contributed by atoms with Gasteiger partial charge in [0.25, 0.3) is 0 Å². The summed E-state index contributed by atoms with van der Waals surface area (Å²) in [5.74, 6) is -0.442. The number of aryl methyl sites for hydroxylation is 2. The molecule has 0 unspecified atom stereocenters. The molecule has 2 aromatic carbocycles. The summed E-state index contributed by atoms with van der Waals surface area (Å²) in [5, 5.41) is 22.5. The third-order valence-electron chi connectivity index (χ3n) is 6.20. The smallest absolute Gasteiger partial charge is 0.242 e. The Kier molecular flexibility index (Phi) is 5.73. The molecule has 7 heteroatoms. The maximum absolute atomic E-state index is 13.5.